The molecule has 1 N–H and O–H groups in total. The Morgan fingerprint density at radius 1 is 1.03 bits per heavy atom. The molecule has 0 aliphatic rings. The highest BCUT2D eigenvalue weighted by Crippen LogP contribution is 2.17. The molecule has 3 aromatic rings. The minimum absolute atomic E-state index is 0.119. The van der Waals surface area contributed by atoms with Gasteiger partial charge in [0.1, 0.15) is 11.5 Å². The van der Waals surface area contributed by atoms with Gasteiger partial charge in [0.25, 0.3) is 5.91 Å². The van der Waals surface area contributed by atoms with Crippen molar-refractivity contribution in [1.82, 2.24) is 5.32 Å². The first-order chi connectivity index (χ1) is 13.9. The van der Waals surface area contributed by atoms with E-state index in [2.05, 4.69) is 5.32 Å². The van der Waals surface area contributed by atoms with Gasteiger partial charge in [-0.15, -0.1) is 0 Å². The second-order valence-corrected chi connectivity index (χ2v) is 8.51. The number of benzene rings is 2. The Bertz CT molecular complexity index is 975. The standard InChI is InChI=1S/C23H25NO4S/c1-16(2)27-19-8-6-18(7-9-19)14-24-23(25)22-13-10-20(28-22)15-29(26)21-11-4-17(3)5-12-21/h4-13,16H,14-15H2,1-3H3,(H,24,25). The molecule has 1 amide bonds. The van der Waals surface area contributed by atoms with E-state index in [9.17, 15) is 9.00 Å². The Balaban J connectivity index is 1.53. The summed E-state index contributed by atoms with van der Waals surface area (Å²) in [6.07, 6.45) is 0.119. The summed E-state index contributed by atoms with van der Waals surface area (Å²) in [6, 6.07) is 18.4. The summed E-state index contributed by atoms with van der Waals surface area (Å²) in [4.78, 5) is 13.1. The summed E-state index contributed by atoms with van der Waals surface area (Å²) in [5, 5.41) is 2.83. The fraction of sp³-hybridized carbons (Fsp3) is 0.261. The molecule has 1 heterocycles. The van der Waals surface area contributed by atoms with Crippen LogP contribution in [0.2, 0.25) is 0 Å². The Kier molecular flexibility index (Phi) is 6.88. The number of hydrogen-bond acceptors (Lipinski definition) is 4. The fourth-order valence-electron chi connectivity index (χ4n) is 2.71. The number of amides is 1. The predicted octanol–water partition coefficient (Wildman–Crippen LogP) is 4.61. The lowest BCUT2D eigenvalue weighted by atomic mass is 10.2. The molecule has 1 unspecified atom stereocenters. The molecule has 152 valence electrons. The van der Waals surface area contributed by atoms with Gasteiger partial charge < -0.3 is 14.5 Å². The number of ether oxygens (including phenoxy) is 1. The molecular weight excluding hydrogens is 386 g/mol. The van der Waals surface area contributed by atoms with E-state index in [1.54, 1.807) is 12.1 Å². The van der Waals surface area contributed by atoms with Crippen molar-refractivity contribution in [3.8, 4) is 5.75 Å². The van der Waals surface area contributed by atoms with E-state index in [1.165, 1.54) is 0 Å². The Morgan fingerprint density at radius 3 is 2.38 bits per heavy atom. The molecule has 0 radical (unpaired) electrons. The zero-order valence-electron chi connectivity index (χ0n) is 16.8. The van der Waals surface area contributed by atoms with Crippen molar-refractivity contribution in [2.45, 2.75) is 44.1 Å². The van der Waals surface area contributed by atoms with E-state index >= 15 is 0 Å². The molecule has 1 atom stereocenters. The number of hydrogen-bond donors (Lipinski definition) is 1. The van der Waals surface area contributed by atoms with Crippen LogP contribution in [0.15, 0.2) is 70.0 Å². The quantitative estimate of drug-likeness (QED) is 0.588. The third-order valence-electron chi connectivity index (χ3n) is 4.19. The van der Waals surface area contributed by atoms with E-state index in [0.29, 0.717) is 12.3 Å². The van der Waals surface area contributed by atoms with Gasteiger partial charge in [0.15, 0.2) is 5.76 Å². The maximum Gasteiger partial charge on any atom is 0.287 e. The van der Waals surface area contributed by atoms with Gasteiger partial charge in [-0.05, 0) is 62.7 Å². The van der Waals surface area contributed by atoms with Crippen LogP contribution in [0.4, 0.5) is 0 Å². The maximum absolute atomic E-state index is 12.4. The van der Waals surface area contributed by atoms with E-state index < -0.39 is 10.8 Å². The number of nitrogens with one attached hydrogen (secondary N) is 1. The van der Waals surface area contributed by atoms with Gasteiger partial charge in [-0.3, -0.25) is 9.00 Å². The van der Waals surface area contributed by atoms with Gasteiger partial charge in [-0.2, -0.15) is 0 Å². The first kappa shape index (κ1) is 20.9. The minimum Gasteiger partial charge on any atom is -0.491 e. The van der Waals surface area contributed by atoms with Crippen LogP contribution in [0.1, 0.15) is 41.3 Å². The summed E-state index contributed by atoms with van der Waals surface area (Å²) < 4.78 is 23.6. The molecule has 3 rings (SSSR count). The van der Waals surface area contributed by atoms with Crippen LogP contribution in [-0.2, 0) is 23.1 Å². The highest BCUT2D eigenvalue weighted by molar-refractivity contribution is 7.84. The first-order valence-electron chi connectivity index (χ1n) is 9.48. The largest absolute Gasteiger partial charge is 0.491 e. The van der Waals surface area contributed by atoms with Crippen LogP contribution in [0.25, 0.3) is 0 Å². The molecule has 6 heteroatoms. The lowest BCUT2D eigenvalue weighted by Gasteiger charge is -2.10. The van der Waals surface area contributed by atoms with Crippen LogP contribution in [0.5, 0.6) is 5.75 Å². The molecule has 1 aromatic heterocycles. The molecular formula is C23H25NO4S. The Morgan fingerprint density at radius 2 is 1.72 bits per heavy atom. The van der Waals surface area contributed by atoms with Crippen molar-refractivity contribution in [2.24, 2.45) is 0 Å². The molecule has 0 fully saturated rings. The van der Waals surface area contributed by atoms with Gasteiger partial charge in [-0.1, -0.05) is 29.8 Å². The molecule has 29 heavy (non-hydrogen) atoms. The summed E-state index contributed by atoms with van der Waals surface area (Å²) >= 11 is 0. The summed E-state index contributed by atoms with van der Waals surface area (Å²) in [5.41, 5.74) is 2.08. The Hall–Kier alpha value is -2.86. The molecule has 2 aromatic carbocycles. The number of carbonyl (C=O) groups is 1. The summed E-state index contributed by atoms with van der Waals surface area (Å²) in [7, 11) is -1.22. The number of carbonyl (C=O) groups excluding carboxylic acids is 1. The van der Waals surface area contributed by atoms with Crippen molar-refractivity contribution in [3.05, 3.63) is 83.3 Å². The zero-order valence-corrected chi connectivity index (χ0v) is 17.6. The number of rotatable bonds is 8. The van der Waals surface area contributed by atoms with E-state index in [1.807, 2.05) is 69.3 Å². The molecule has 0 saturated heterocycles. The summed E-state index contributed by atoms with van der Waals surface area (Å²) in [6.45, 7) is 6.31. The topological polar surface area (TPSA) is 68.5 Å². The van der Waals surface area contributed by atoms with Crippen molar-refractivity contribution in [1.29, 1.82) is 0 Å². The normalized spacial score (nSPS) is 12.0. The van der Waals surface area contributed by atoms with Crippen molar-refractivity contribution in [3.63, 3.8) is 0 Å². The maximum atomic E-state index is 12.4. The average Bonchev–Trinajstić information content (AvgIpc) is 3.16. The van der Waals surface area contributed by atoms with Crippen molar-refractivity contribution in [2.75, 3.05) is 0 Å². The second-order valence-electron chi connectivity index (χ2n) is 7.06. The van der Waals surface area contributed by atoms with Crippen LogP contribution in [-0.4, -0.2) is 16.2 Å². The molecule has 0 aliphatic carbocycles. The van der Waals surface area contributed by atoms with Crippen molar-refractivity contribution < 1.29 is 18.2 Å². The van der Waals surface area contributed by atoms with Gasteiger partial charge in [0.05, 0.1) is 22.7 Å². The molecule has 0 aliphatic heterocycles. The monoisotopic (exact) mass is 411 g/mol. The lowest BCUT2D eigenvalue weighted by Crippen LogP contribution is -2.22. The van der Waals surface area contributed by atoms with E-state index in [-0.39, 0.29) is 23.5 Å². The van der Waals surface area contributed by atoms with Crippen LogP contribution < -0.4 is 10.1 Å². The highest BCUT2D eigenvalue weighted by Gasteiger charge is 2.13. The van der Waals surface area contributed by atoms with Gasteiger partial charge >= 0.3 is 0 Å². The molecule has 0 spiro atoms. The third-order valence-corrected chi connectivity index (χ3v) is 5.54. The zero-order chi connectivity index (χ0) is 20.8. The summed E-state index contributed by atoms with van der Waals surface area (Å²) in [5.74, 6) is 1.45. The van der Waals surface area contributed by atoms with Crippen LogP contribution in [0.3, 0.4) is 0 Å². The lowest BCUT2D eigenvalue weighted by molar-refractivity contribution is 0.0921. The first-order valence-corrected chi connectivity index (χ1v) is 10.8. The molecule has 0 saturated carbocycles. The van der Waals surface area contributed by atoms with Crippen molar-refractivity contribution >= 4 is 16.7 Å². The second kappa shape index (κ2) is 9.56. The van der Waals surface area contributed by atoms with Gasteiger partial charge in [0.2, 0.25) is 0 Å². The molecule has 5 nitrogen and oxygen atoms in total. The molecule has 0 bridgehead atoms. The average molecular weight is 412 g/mol. The van der Waals surface area contributed by atoms with Crippen LogP contribution >= 0.6 is 0 Å². The third kappa shape index (κ3) is 6.06. The fourth-order valence-corrected chi connectivity index (χ4v) is 3.73. The SMILES string of the molecule is Cc1ccc(S(=O)Cc2ccc(C(=O)NCc3ccc(OC(C)C)cc3)o2)cc1. The minimum atomic E-state index is -1.22. The van der Waals surface area contributed by atoms with Gasteiger partial charge in [0, 0.05) is 11.4 Å². The van der Waals surface area contributed by atoms with Gasteiger partial charge in [-0.25, -0.2) is 0 Å². The smallest absolute Gasteiger partial charge is 0.287 e. The Labute approximate surface area is 173 Å². The highest BCUT2D eigenvalue weighted by atomic mass is 32.2. The van der Waals surface area contributed by atoms with E-state index in [0.717, 1.165) is 21.8 Å². The predicted molar refractivity (Wildman–Crippen MR) is 113 cm³/mol. The number of furan rings is 1. The number of aryl methyl sites for hydroxylation is 1. The van der Waals surface area contributed by atoms with E-state index in [4.69, 9.17) is 9.15 Å². The van der Waals surface area contributed by atoms with Crippen LogP contribution in [0, 0.1) is 6.92 Å².